The molecule has 0 amide bonds. The molecule has 2 rings (SSSR count). The number of aromatic nitrogens is 1. The second-order valence-corrected chi connectivity index (χ2v) is 6.29. The third kappa shape index (κ3) is 4.21. The Bertz CT molecular complexity index is 591. The molecule has 1 heterocycles. The first-order valence-corrected chi connectivity index (χ1v) is 7.72. The summed E-state index contributed by atoms with van der Waals surface area (Å²) in [6.45, 7) is 9.04. The fourth-order valence-corrected chi connectivity index (χ4v) is 2.26. The van der Waals surface area contributed by atoms with Gasteiger partial charge in [-0.15, -0.1) is 0 Å². The monoisotopic (exact) mass is 303 g/mol. The molecular formula is C18H22ClNO. The van der Waals surface area contributed by atoms with Gasteiger partial charge in [-0.25, -0.2) is 0 Å². The van der Waals surface area contributed by atoms with Gasteiger partial charge in [-0.05, 0) is 35.6 Å². The molecule has 2 aromatic rings. The number of nitrogens with zero attached hydrogens (tertiary/aromatic N) is 1. The van der Waals surface area contributed by atoms with Crippen LogP contribution in [0.3, 0.4) is 0 Å². The molecule has 1 aromatic carbocycles. The molecule has 0 saturated carbocycles. The largest absolute Gasteiger partial charge is 0.487 e. The van der Waals surface area contributed by atoms with Crippen LogP contribution in [-0.2, 0) is 6.61 Å². The van der Waals surface area contributed by atoms with Gasteiger partial charge < -0.3 is 4.74 Å². The van der Waals surface area contributed by atoms with E-state index in [1.54, 1.807) is 0 Å². The normalized spacial score (nSPS) is 11.2. The molecular weight excluding hydrogens is 282 g/mol. The van der Waals surface area contributed by atoms with Crippen LogP contribution in [0.1, 0.15) is 56.4 Å². The van der Waals surface area contributed by atoms with Gasteiger partial charge in [0.25, 0.3) is 0 Å². The van der Waals surface area contributed by atoms with Crippen molar-refractivity contribution >= 4 is 11.6 Å². The van der Waals surface area contributed by atoms with Crippen LogP contribution in [0.2, 0.25) is 5.02 Å². The maximum Gasteiger partial charge on any atom is 0.138 e. The van der Waals surface area contributed by atoms with E-state index in [4.69, 9.17) is 16.3 Å². The summed E-state index contributed by atoms with van der Waals surface area (Å²) in [7, 11) is 0. The average Bonchev–Trinajstić information content (AvgIpc) is 2.46. The van der Waals surface area contributed by atoms with Crippen LogP contribution in [0.5, 0.6) is 5.75 Å². The summed E-state index contributed by atoms with van der Waals surface area (Å²) in [6, 6.07) is 10.1. The highest BCUT2D eigenvalue weighted by molar-refractivity contribution is 6.32. The molecule has 0 N–H and O–H groups in total. The fourth-order valence-electron chi connectivity index (χ4n) is 2.02. The summed E-state index contributed by atoms with van der Waals surface area (Å²) in [4.78, 5) is 4.44. The molecule has 3 heteroatoms. The predicted molar refractivity (Wildman–Crippen MR) is 88.2 cm³/mol. The molecule has 0 atom stereocenters. The lowest BCUT2D eigenvalue weighted by Gasteiger charge is -2.11. The summed E-state index contributed by atoms with van der Waals surface area (Å²) in [5.74, 6) is 1.62. The van der Waals surface area contributed by atoms with Gasteiger partial charge in [0.1, 0.15) is 12.4 Å². The Morgan fingerprint density at radius 3 is 2.33 bits per heavy atom. The molecule has 21 heavy (non-hydrogen) atoms. The lowest BCUT2D eigenvalue weighted by Crippen LogP contribution is -1.99. The Balaban J connectivity index is 2.02. The molecule has 112 valence electrons. The first-order valence-electron chi connectivity index (χ1n) is 7.34. The van der Waals surface area contributed by atoms with E-state index < -0.39 is 0 Å². The van der Waals surface area contributed by atoms with Crippen molar-refractivity contribution in [2.45, 2.75) is 46.1 Å². The van der Waals surface area contributed by atoms with Crippen LogP contribution in [0.15, 0.2) is 36.5 Å². The lowest BCUT2D eigenvalue weighted by atomic mass is 10.0. The standard InChI is InChI=1S/C18H22ClNO/c1-12(2)15-6-8-18(16(19)9-15)21-11-14-5-7-17(13(3)4)20-10-14/h5-10,12-13H,11H2,1-4H3. The molecule has 0 aliphatic carbocycles. The Labute approximate surface area is 132 Å². The second kappa shape index (κ2) is 6.95. The third-order valence-corrected chi connectivity index (χ3v) is 3.75. The highest BCUT2D eigenvalue weighted by Crippen LogP contribution is 2.29. The number of hydrogen-bond donors (Lipinski definition) is 0. The average molecular weight is 304 g/mol. The number of ether oxygens (including phenoxy) is 1. The van der Waals surface area contributed by atoms with Crippen molar-refractivity contribution in [3.05, 3.63) is 58.4 Å². The summed E-state index contributed by atoms with van der Waals surface area (Å²) in [6.07, 6.45) is 1.87. The maximum absolute atomic E-state index is 6.27. The SMILES string of the molecule is CC(C)c1ccc(OCc2ccc(C(C)C)nc2)c(Cl)c1. The third-order valence-electron chi connectivity index (χ3n) is 3.46. The minimum absolute atomic E-state index is 0.443. The summed E-state index contributed by atoms with van der Waals surface area (Å²) in [5, 5.41) is 0.660. The Hall–Kier alpha value is -1.54. The van der Waals surface area contributed by atoms with Gasteiger partial charge in [-0.1, -0.05) is 51.4 Å². The zero-order valence-corrected chi connectivity index (χ0v) is 13.8. The number of hydrogen-bond acceptors (Lipinski definition) is 2. The summed E-state index contributed by atoms with van der Waals surface area (Å²) in [5.41, 5.74) is 3.36. The summed E-state index contributed by atoms with van der Waals surface area (Å²) >= 11 is 6.27. The fraction of sp³-hybridized carbons (Fsp3) is 0.389. The van der Waals surface area contributed by atoms with Crippen LogP contribution in [0.4, 0.5) is 0 Å². The van der Waals surface area contributed by atoms with Gasteiger partial charge in [-0.2, -0.15) is 0 Å². The van der Waals surface area contributed by atoms with Gasteiger partial charge in [0.2, 0.25) is 0 Å². The Kier molecular flexibility index (Phi) is 5.24. The van der Waals surface area contributed by atoms with Crippen molar-refractivity contribution < 1.29 is 4.74 Å². The van der Waals surface area contributed by atoms with E-state index in [9.17, 15) is 0 Å². The van der Waals surface area contributed by atoms with Crippen molar-refractivity contribution in [2.75, 3.05) is 0 Å². The Morgan fingerprint density at radius 1 is 1.05 bits per heavy atom. The highest BCUT2D eigenvalue weighted by atomic mass is 35.5. The first kappa shape index (κ1) is 15.8. The molecule has 2 nitrogen and oxygen atoms in total. The molecule has 1 aromatic heterocycles. The van der Waals surface area contributed by atoms with Crippen LogP contribution in [-0.4, -0.2) is 4.98 Å². The second-order valence-electron chi connectivity index (χ2n) is 5.88. The van der Waals surface area contributed by atoms with Crippen molar-refractivity contribution in [1.82, 2.24) is 4.98 Å². The molecule has 0 spiro atoms. The molecule has 0 aliphatic rings. The molecule has 0 bridgehead atoms. The van der Waals surface area contributed by atoms with Crippen LogP contribution >= 0.6 is 11.6 Å². The predicted octanol–water partition coefficient (Wildman–Crippen LogP) is 5.56. The number of pyridine rings is 1. The van der Waals surface area contributed by atoms with E-state index in [1.165, 1.54) is 5.56 Å². The van der Waals surface area contributed by atoms with Gasteiger partial charge in [0.05, 0.1) is 5.02 Å². The minimum atomic E-state index is 0.443. The van der Waals surface area contributed by atoms with Gasteiger partial charge in [0.15, 0.2) is 0 Å². The maximum atomic E-state index is 6.27. The van der Waals surface area contributed by atoms with E-state index in [-0.39, 0.29) is 0 Å². The number of rotatable bonds is 5. The quantitative estimate of drug-likeness (QED) is 0.721. The Morgan fingerprint density at radius 2 is 1.81 bits per heavy atom. The topological polar surface area (TPSA) is 22.1 Å². The van der Waals surface area contributed by atoms with Gasteiger partial charge >= 0.3 is 0 Å². The van der Waals surface area contributed by atoms with E-state index in [0.717, 1.165) is 11.3 Å². The summed E-state index contributed by atoms with van der Waals surface area (Å²) < 4.78 is 5.79. The van der Waals surface area contributed by atoms with Crippen molar-refractivity contribution in [1.29, 1.82) is 0 Å². The van der Waals surface area contributed by atoms with Crippen molar-refractivity contribution in [3.8, 4) is 5.75 Å². The van der Waals surface area contributed by atoms with Crippen LogP contribution in [0.25, 0.3) is 0 Å². The number of halogens is 1. The van der Waals surface area contributed by atoms with Gasteiger partial charge in [0, 0.05) is 17.5 Å². The zero-order valence-electron chi connectivity index (χ0n) is 13.1. The van der Waals surface area contributed by atoms with E-state index in [2.05, 4.69) is 44.8 Å². The van der Waals surface area contributed by atoms with Crippen LogP contribution in [0, 0.1) is 0 Å². The zero-order chi connectivity index (χ0) is 15.4. The van der Waals surface area contributed by atoms with E-state index in [1.807, 2.05) is 24.4 Å². The van der Waals surface area contributed by atoms with E-state index >= 15 is 0 Å². The molecule has 0 radical (unpaired) electrons. The highest BCUT2D eigenvalue weighted by Gasteiger charge is 2.07. The smallest absolute Gasteiger partial charge is 0.138 e. The minimum Gasteiger partial charge on any atom is -0.487 e. The van der Waals surface area contributed by atoms with Gasteiger partial charge in [-0.3, -0.25) is 4.98 Å². The van der Waals surface area contributed by atoms with Crippen molar-refractivity contribution in [2.24, 2.45) is 0 Å². The van der Waals surface area contributed by atoms with E-state index in [0.29, 0.717) is 29.2 Å². The first-order chi connectivity index (χ1) is 9.97. The molecule has 0 saturated heterocycles. The molecule has 0 aliphatic heterocycles. The lowest BCUT2D eigenvalue weighted by molar-refractivity contribution is 0.305. The number of benzene rings is 1. The van der Waals surface area contributed by atoms with Crippen molar-refractivity contribution in [3.63, 3.8) is 0 Å². The molecule has 0 unspecified atom stereocenters. The molecule has 0 fully saturated rings. The van der Waals surface area contributed by atoms with Crippen LogP contribution < -0.4 is 4.74 Å².